The summed E-state index contributed by atoms with van der Waals surface area (Å²) in [6.45, 7) is 7.26. The first-order chi connectivity index (χ1) is 6.80. The van der Waals surface area contributed by atoms with Gasteiger partial charge in [0, 0.05) is 0 Å². The molecule has 0 saturated heterocycles. The van der Waals surface area contributed by atoms with Crippen molar-refractivity contribution in [2.75, 3.05) is 0 Å². The summed E-state index contributed by atoms with van der Waals surface area (Å²) in [5.74, 6) is 3.16. The highest BCUT2D eigenvalue weighted by molar-refractivity contribution is 6.40. The van der Waals surface area contributed by atoms with E-state index >= 15 is 0 Å². The van der Waals surface area contributed by atoms with Crippen molar-refractivity contribution in [3.05, 3.63) is 0 Å². The van der Waals surface area contributed by atoms with Crippen LogP contribution in [0, 0.1) is 23.2 Å². The van der Waals surface area contributed by atoms with Crippen molar-refractivity contribution < 1.29 is 0 Å². The molecule has 3 rings (SSSR count). The molecular formula is C13H26B2. The van der Waals surface area contributed by atoms with Gasteiger partial charge in [-0.05, 0) is 42.4 Å². The largest absolute Gasteiger partial charge is 0.100 e. The van der Waals surface area contributed by atoms with Gasteiger partial charge in [-0.25, -0.2) is 0 Å². The quantitative estimate of drug-likeness (QED) is 0.574. The maximum absolute atomic E-state index is 2.50. The van der Waals surface area contributed by atoms with E-state index in [0.717, 1.165) is 17.8 Å². The van der Waals surface area contributed by atoms with Gasteiger partial charge >= 0.3 is 0 Å². The van der Waals surface area contributed by atoms with Gasteiger partial charge in [-0.15, -0.1) is 0 Å². The number of rotatable bonds is 1. The number of hydrogen-bond acceptors (Lipinski definition) is 0. The number of hydrogen-bond donors (Lipinski definition) is 0. The molecule has 0 aliphatic heterocycles. The highest BCUT2D eigenvalue weighted by atomic mass is 14.5. The Labute approximate surface area is 97.4 Å². The van der Waals surface area contributed by atoms with Crippen LogP contribution in [-0.2, 0) is 0 Å². The van der Waals surface area contributed by atoms with Crippen molar-refractivity contribution in [3.8, 4) is 0 Å². The molecule has 0 N–H and O–H groups in total. The fraction of sp³-hybridized carbons (Fsp3) is 1.00. The Morgan fingerprint density at radius 1 is 0.867 bits per heavy atom. The molecule has 0 amide bonds. The molecule has 0 heterocycles. The van der Waals surface area contributed by atoms with Crippen LogP contribution in [-0.4, -0.2) is 15.7 Å². The summed E-state index contributed by atoms with van der Waals surface area (Å²) in [5, 5.41) is 0.504. The molecular weight excluding hydrogens is 178 g/mol. The van der Waals surface area contributed by atoms with Gasteiger partial charge in [-0.2, -0.15) is 0 Å². The molecule has 15 heavy (non-hydrogen) atoms. The Morgan fingerprint density at radius 3 is 2.00 bits per heavy atom. The van der Waals surface area contributed by atoms with Crippen molar-refractivity contribution in [3.63, 3.8) is 0 Å². The summed E-state index contributed by atoms with van der Waals surface area (Å²) in [7, 11) is 5.00. The van der Waals surface area contributed by atoms with Crippen LogP contribution in [0.25, 0.3) is 0 Å². The highest BCUT2D eigenvalue weighted by Gasteiger charge is 2.44. The lowest BCUT2D eigenvalue weighted by Gasteiger charge is -2.46. The minimum atomic E-state index is 0.451. The molecule has 2 heteroatoms. The zero-order valence-electron chi connectivity index (χ0n) is 11.3. The Balaban J connectivity index is 2.09. The van der Waals surface area contributed by atoms with Gasteiger partial charge < -0.3 is 0 Å². The summed E-state index contributed by atoms with van der Waals surface area (Å²) in [5.41, 5.74) is 0.451. The zero-order chi connectivity index (χ0) is 11.3. The van der Waals surface area contributed by atoms with Crippen molar-refractivity contribution >= 4 is 15.7 Å². The molecule has 1 unspecified atom stereocenters. The van der Waals surface area contributed by atoms with E-state index in [0.29, 0.717) is 10.6 Å². The minimum Gasteiger partial charge on any atom is -0.0771 e. The van der Waals surface area contributed by atoms with Crippen LogP contribution in [0.2, 0.25) is 5.21 Å². The standard InChI is InChI=1S/C13H26B2/c1-12(2,3)13(14,15)11-5-4-9-6-10(7-9)8-11/h9-11H,4-8,14-15H2,1-3H3. The van der Waals surface area contributed by atoms with E-state index < -0.39 is 0 Å². The molecule has 0 spiro atoms. The molecule has 84 valence electrons. The third-order valence-electron chi connectivity index (χ3n) is 5.83. The van der Waals surface area contributed by atoms with E-state index in [9.17, 15) is 0 Å². The van der Waals surface area contributed by atoms with E-state index in [-0.39, 0.29) is 0 Å². The molecule has 1 atom stereocenters. The van der Waals surface area contributed by atoms with Crippen molar-refractivity contribution in [1.82, 2.24) is 0 Å². The summed E-state index contributed by atoms with van der Waals surface area (Å²) in [6.07, 6.45) is 7.63. The van der Waals surface area contributed by atoms with Gasteiger partial charge in [0.1, 0.15) is 15.7 Å². The lowest BCUT2D eigenvalue weighted by molar-refractivity contribution is 0.177. The first-order valence-corrected chi connectivity index (χ1v) is 6.80. The summed E-state index contributed by atoms with van der Waals surface area (Å²) in [4.78, 5) is 0. The second-order valence-corrected chi connectivity index (χ2v) is 7.69. The fourth-order valence-electron chi connectivity index (χ4n) is 3.53. The fourth-order valence-corrected chi connectivity index (χ4v) is 3.53. The highest BCUT2D eigenvalue weighted by Crippen LogP contribution is 2.55. The van der Waals surface area contributed by atoms with Gasteiger partial charge in [0.25, 0.3) is 0 Å². The van der Waals surface area contributed by atoms with E-state index in [1.807, 2.05) is 0 Å². The molecule has 2 bridgehead atoms. The minimum absolute atomic E-state index is 0.451. The monoisotopic (exact) mass is 204 g/mol. The van der Waals surface area contributed by atoms with E-state index in [2.05, 4.69) is 36.5 Å². The first kappa shape index (κ1) is 11.6. The molecule has 0 radical (unpaired) electrons. The molecule has 0 aromatic rings. The maximum atomic E-state index is 2.50. The topological polar surface area (TPSA) is 0 Å². The van der Waals surface area contributed by atoms with Gasteiger partial charge in [0.05, 0.1) is 0 Å². The smallest absolute Gasteiger partial charge is 0.0771 e. The van der Waals surface area contributed by atoms with Crippen molar-refractivity contribution in [2.24, 2.45) is 23.2 Å². The average molecular weight is 204 g/mol. The SMILES string of the molecule is BC(B)(C1CCC2CC(C2)C1)C(C)(C)C. The second kappa shape index (κ2) is 3.57. The summed E-state index contributed by atoms with van der Waals surface area (Å²) in [6, 6.07) is 0. The predicted molar refractivity (Wildman–Crippen MR) is 72.8 cm³/mol. The first-order valence-electron chi connectivity index (χ1n) is 6.80. The lowest BCUT2D eigenvalue weighted by Crippen LogP contribution is -2.37. The Bertz CT molecular complexity index is 233. The van der Waals surface area contributed by atoms with Crippen LogP contribution in [0.15, 0.2) is 0 Å². The maximum Gasteiger partial charge on any atom is 0.100 e. The van der Waals surface area contributed by atoms with Gasteiger partial charge in [-0.1, -0.05) is 38.8 Å². The Kier molecular flexibility index (Phi) is 2.76. The Morgan fingerprint density at radius 2 is 1.47 bits per heavy atom. The normalized spacial score (nSPS) is 36.9. The third-order valence-corrected chi connectivity index (χ3v) is 5.83. The lowest BCUT2D eigenvalue weighted by atomic mass is 9.37. The van der Waals surface area contributed by atoms with Crippen LogP contribution >= 0.6 is 0 Å². The molecule has 0 aromatic carbocycles. The number of fused-ring (bicyclic) bond motifs is 3. The van der Waals surface area contributed by atoms with Gasteiger partial charge in [0.15, 0.2) is 0 Å². The molecule has 0 nitrogen and oxygen atoms in total. The predicted octanol–water partition coefficient (Wildman–Crippen LogP) is 2.24. The second-order valence-electron chi connectivity index (χ2n) is 7.69. The van der Waals surface area contributed by atoms with E-state index in [4.69, 9.17) is 0 Å². The molecule has 3 saturated carbocycles. The van der Waals surface area contributed by atoms with Gasteiger partial charge in [-0.3, -0.25) is 0 Å². The van der Waals surface area contributed by atoms with Crippen LogP contribution in [0.1, 0.15) is 52.9 Å². The summed E-state index contributed by atoms with van der Waals surface area (Å²) >= 11 is 0. The third kappa shape index (κ3) is 2.01. The Hall–Kier alpha value is 0.130. The van der Waals surface area contributed by atoms with Crippen LogP contribution in [0.5, 0.6) is 0 Å². The van der Waals surface area contributed by atoms with Crippen molar-refractivity contribution in [2.45, 2.75) is 58.1 Å². The van der Waals surface area contributed by atoms with Gasteiger partial charge in [0.2, 0.25) is 0 Å². The average Bonchev–Trinajstić information content (AvgIpc) is 2.30. The molecule has 3 aliphatic carbocycles. The van der Waals surface area contributed by atoms with Crippen LogP contribution in [0.4, 0.5) is 0 Å². The van der Waals surface area contributed by atoms with Crippen LogP contribution < -0.4 is 0 Å². The summed E-state index contributed by atoms with van der Waals surface area (Å²) < 4.78 is 0. The molecule has 3 aliphatic rings. The molecule has 3 fully saturated rings. The van der Waals surface area contributed by atoms with E-state index in [1.54, 1.807) is 12.8 Å². The zero-order valence-corrected chi connectivity index (χ0v) is 11.3. The molecule has 0 aromatic heterocycles. The van der Waals surface area contributed by atoms with E-state index in [1.165, 1.54) is 19.3 Å². The van der Waals surface area contributed by atoms with Crippen molar-refractivity contribution in [1.29, 1.82) is 0 Å². The van der Waals surface area contributed by atoms with Crippen LogP contribution in [0.3, 0.4) is 0 Å².